The molecule has 0 radical (unpaired) electrons. The second kappa shape index (κ2) is 8.45. The molecular formula is C23H34N2O2. The molecule has 4 heteroatoms. The maximum Gasteiger partial charge on any atom is 0.227 e. The van der Waals surface area contributed by atoms with Crippen molar-refractivity contribution in [2.24, 2.45) is 11.8 Å². The van der Waals surface area contributed by atoms with Crippen LogP contribution in [0.1, 0.15) is 82.8 Å². The number of hydrogen-bond donors (Lipinski definition) is 1. The van der Waals surface area contributed by atoms with E-state index < -0.39 is 0 Å². The first-order valence-electron chi connectivity index (χ1n) is 10.6. The number of hydrogen-bond acceptors (Lipinski definition) is 2. The lowest BCUT2D eigenvalue weighted by Crippen LogP contribution is -2.45. The van der Waals surface area contributed by atoms with Crippen LogP contribution >= 0.6 is 0 Å². The number of carbonyl (C=O) groups is 2. The molecule has 1 saturated heterocycles. The molecule has 2 amide bonds. The van der Waals surface area contributed by atoms with E-state index in [1.54, 1.807) is 0 Å². The van der Waals surface area contributed by atoms with Gasteiger partial charge in [0.15, 0.2) is 0 Å². The van der Waals surface area contributed by atoms with Crippen LogP contribution < -0.4 is 5.32 Å². The molecule has 27 heavy (non-hydrogen) atoms. The van der Waals surface area contributed by atoms with Crippen LogP contribution in [0, 0.1) is 11.8 Å². The Labute approximate surface area is 163 Å². The van der Waals surface area contributed by atoms with Crippen LogP contribution in [0.5, 0.6) is 0 Å². The Morgan fingerprint density at radius 2 is 1.48 bits per heavy atom. The monoisotopic (exact) mass is 370 g/mol. The molecule has 4 nitrogen and oxygen atoms in total. The Hall–Kier alpha value is -1.84. The van der Waals surface area contributed by atoms with Gasteiger partial charge in [0.05, 0.1) is 0 Å². The third kappa shape index (κ3) is 4.36. The smallest absolute Gasteiger partial charge is 0.227 e. The van der Waals surface area contributed by atoms with Crippen LogP contribution in [-0.4, -0.2) is 29.8 Å². The van der Waals surface area contributed by atoms with E-state index >= 15 is 0 Å². The zero-order chi connectivity index (χ0) is 19.6. The number of nitrogens with one attached hydrogen (secondary N) is 1. The fourth-order valence-electron chi connectivity index (χ4n) is 4.20. The van der Waals surface area contributed by atoms with Crippen LogP contribution in [0.3, 0.4) is 0 Å². The van der Waals surface area contributed by atoms with Gasteiger partial charge in [-0.3, -0.25) is 9.59 Å². The highest BCUT2D eigenvalue weighted by Crippen LogP contribution is 2.34. The summed E-state index contributed by atoms with van der Waals surface area (Å²) in [4.78, 5) is 27.4. The number of amides is 2. The average molecular weight is 371 g/mol. The van der Waals surface area contributed by atoms with Gasteiger partial charge in [-0.05, 0) is 48.6 Å². The summed E-state index contributed by atoms with van der Waals surface area (Å²) in [6.45, 7) is 10.1. The normalized spacial score (nSPS) is 18.7. The van der Waals surface area contributed by atoms with E-state index in [0.29, 0.717) is 17.7 Å². The summed E-state index contributed by atoms with van der Waals surface area (Å²) in [5, 5.41) is 3.26. The van der Waals surface area contributed by atoms with Gasteiger partial charge in [-0.25, -0.2) is 0 Å². The molecule has 0 aromatic heterocycles. The lowest BCUT2D eigenvalue weighted by molar-refractivity contribution is -0.140. The lowest BCUT2D eigenvalue weighted by atomic mass is 9.83. The standard InChI is InChI=1S/C23H34N2O2/c1-15(2)19-9-6-10-20(16(3)4)21(19)24-22(26)17-11-13-25(14-12-17)23(27)18-7-5-8-18/h6,9-10,15-18H,5,7-8,11-14H2,1-4H3,(H,24,26). The Balaban J connectivity index is 1.65. The Bertz CT molecular complexity index is 657. The number of carbonyl (C=O) groups excluding carboxylic acids is 2. The van der Waals surface area contributed by atoms with Crippen LogP contribution in [0.25, 0.3) is 0 Å². The summed E-state index contributed by atoms with van der Waals surface area (Å²) in [6.07, 6.45) is 4.81. The van der Waals surface area contributed by atoms with Gasteiger partial charge in [-0.15, -0.1) is 0 Å². The number of rotatable bonds is 5. The van der Waals surface area contributed by atoms with Gasteiger partial charge in [0.25, 0.3) is 0 Å². The molecule has 0 bridgehead atoms. The molecule has 1 aliphatic carbocycles. The van der Waals surface area contributed by atoms with Gasteiger partial charge in [0, 0.05) is 30.6 Å². The van der Waals surface area contributed by atoms with Crippen LogP contribution in [-0.2, 0) is 9.59 Å². The van der Waals surface area contributed by atoms with E-state index in [-0.39, 0.29) is 17.7 Å². The maximum absolute atomic E-state index is 13.0. The summed E-state index contributed by atoms with van der Waals surface area (Å²) < 4.78 is 0. The third-order valence-corrected chi connectivity index (χ3v) is 6.25. The summed E-state index contributed by atoms with van der Waals surface area (Å²) in [5.41, 5.74) is 3.40. The highest BCUT2D eigenvalue weighted by molar-refractivity contribution is 5.94. The molecule has 1 aromatic rings. The van der Waals surface area contributed by atoms with Crippen molar-refractivity contribution in [3.05, 3.63) is 29.3 Å². The van der Waals surface area contributed by atoms with E-state index in [0.717, 1.165) is 44.5 Å². The summed E-state index contributed by atoms with van der Waals surface area (Å²) in [6, 6.07) is 6.32. The van der Waals surface area contributed by atoms with Crippen molar-refractivity contribution in [2.45, 2.75) is 71.6 Å². The number of nitrogens with zero attached hydrogens (tertiary/aromatic N) is 1. The fraction of sp³-hybridized carbons (Fsp3) is 0.652. The molecule has 0 atom stereocenters. The van der Waals surface area contributed by atoms with Gasteiger partial charge in [0.2, 0.25) is 11.8 Å². The Kier molecular flexibility index (Phi) is 6.23. The zero-order valence-corrected chi connectivity index (χ0v) is 17.3. The second-order valence-corrected chi connectivity index (χ2v) is 8.84. The van der Waals surface area contributed by atoms with Gasteiger partial charge in [-0.1, -0.05) is 52.3 Å². The highest BCUT2D eigenvalue weighted by atomic mass is 16.2. The first-order chi connectivity index (χ1) is 12.9. The van der Waals surface area contributed by atoms with Crippen LogP contribution in [0.4, 0.5) is 5.69 Å². The molecule has 0 spiro atoms. The van der Waals surface area contributed by atoms with E-state index in [2.05, 4.69) is 51.2 Å². The van der Waals surface area contributed by atoms with E-state index in [1.165, 1.54) is 17.5 Å². The number of benzene rings is 1. The van der Waals surface area contributed by atoms with Crippen LogP contribution in [0.2, 0.25) is 0 Å². The van der Waals surface area contributed by atoms with E-state index in [1.807, 2.05) is 4.90 Å². The molecule has 2 aliphatic rings. The van der Waals surface area contributed by atoms with Gasteiger partial charge in [0.1, 0.15) is 0 Å². The highest BCUT2D eigenvalue weighted by Gasteiger charge is 2.33. The lowest BCUT2D eigenvalue weighted by Gasteiger charge is -2.36. The van der Waals surface area contributed by atoms with Crippen molar-refractivity contribution in [3.8, 4) is 0 Å². The molecule has 1 aromatic carbocycles. The van der Waals surface area contributed by atoms with Crippen molar-refractivity contribution in [3.63, 3.8) is 0 Å². The van der Waals surface area contributed by atoms with Crippen molar-refractivity contribution in [2.75, 3.05) is 18.4 Å². The minimum absolute atomic E-state index is 0.00401. The predicted octanol–water partition coefficient (Wildman–Crippen LogP) is 4.91. The SMILES string of the molecule is CC(C)c1cccc(C(C)C)c1NC(=O)C1CCN(C(=O)C2CCC2)CC1. The molecule has 1 N–H and O–H groups in total. The Morgan fingerprint density at radius 1 is 0.926 bits per heavy atom. The summed E-state index contributed by atoms with van der Waals surface area (Å²) >= 11 is 0. The number of anilines is 1. The average Bonchev–Trinajstić information content (AvgIpc) is 2.60. The fourth-order valence-corrected chi connectivity index (χ4v) is 4.20. The number of para-hydroxylation sites is 1. The number of likely N-dealkylation sites (tertiary alicyclic amines) is 1. The first kappa shape index (κ1) is 19.9. The van der Waals surface area contributed by atoms with Crippen LogP contribution in [0.15, 0.2) is 18.2 Å². The Morgan fingerprint density at radius 3 is 1.93 bits per heavy atom. The molecule has 1 aliphatic heterocycles. The predicted molar refractivity (Wildman–Crippen MR) is 110 cm³/mol. The van der Waals surface area contributed by atoms with Gasteiger partial charge in [-0.2, -0.15) is 0 Å². The quantitative estimate of drug-likeness (QED) is 0.800. The third-order valence-electron chi connectivity index (χ3n) is 6.25. The molecule has 1 saturated carbocycles. The zero-order valence-electron chi connectivity index (χ0n) is 17.3. The molecule has 1 heterocycles. The second-order valence-electron chi connectivity index (χ2n) is 8.84. The minimum atomic E-state index is -0.00401. The van der Waals surface area contributed by atoms with Crippen molar-refractivity contribution in [1.29, 1.82) is 0 Å². The molecular weight excluding hydrogens is 336 g/mol. The molecule has 148 valence electrons. The van der Waals surface area contributed by atoms with Gasteiger partial charge >= 0.3 is 0 Å². The van der Waals surface area contributed by atoms with Crippen molar-refractivity contribution >= 4 is 17.5 Å². The van der Waals surface area contributed by atoms with E-state index in [4.69, 9.17) is 0 Å². The maximum atomic E-state index is 13.0. The van der Waals surface area contributed by atoms with E-state index in [9.17, 15) is 9.59 Å². The summed E-state index contributed by atoms with van der Waals surface area (Å²) in [7, 11) is 0. The first-order valence-corrected chi connectivity index (χ1v) is 10.6. The summed E-state index contributed by atoms with van der Waals surface area (Å²) in [5.74, 6) is 1.40. The molecule has 2 fully saturated rings. The largest absolute Gasteiger partial charge is 0.342 e. The van der Waals surface area contributed by atoms with Crippen molar-refractivity contribution < 1.29 is 9.59 Å². The number of piperidine rings is 1. The minimum Gasteiger partial charge on any atom is -0.342 e. The van der Waals surface area contributed by atoms with Gasteiger partial charge < -0.3 is 10.2 Å². The van der Waals surface area contributed by atoms with Crippen molar-refractivity contribution in [1.82, 2.24) is 4.90 Å². The molecule has 3 rings (SSSR count). The topological polar surface area (TPSA) is 49.4 Å². The molecule has 0 unspecified atom stereocenters.